The van der Waals surface area contributed by atoms with Gasteiger partial charge in [-0.15, -0.1) is 6.58 Å². The van der Waals surface area contributed by atoms with Gasteiger partial charge in [-0.2, -0.15) is 26.0 Å². The predicted octanol–water partition coefficient (Wildman–Crippen LogP) is 1.68. The summed E-state index contributed by atoms with van der Waals surface area (Å²) < 4.78 is 76.7. The summed E-state index contributed by atoms with van der Waals surface area (Å²) in [7, 11) is -6.11. The summed E-state index contributed by atoms with van der Waals surface area (Å²) in [5.74, 6) is -4.86. The van der Waals surface area contributed by atoms with Gasteiger partial charge in [-0.3, -0.25) is 4.55 Å². The van der Waals surface area contributed by atoms with Gasteiger partial charge in [-0.1, -0.05) is 6.08 Å². The highest BCUT2D eigenvalue weighted by Gasteiger charge is 2.64. The molecule has 0 saturated carbocycles. The van der Waals surface area contributed by atoms with Gasteiger partial charge in [0, 0.05) is 6.42 Å². The SMILES string of the molecule is C=CCC(F)(F)C(F)(F)S(=O)(=O)O. The molecule has 0 atom stereocenters. The van der Waals surface area contributed by atoms with E-state index in [1.807, 2.05) is 0 Å². The Kier molecular flexibility index (Phi) is 3.10. The van der Waals surface area contributed by atoms with Crippen molar-refractivity contribution in [1.29, 1.82) is 0 Å². The molecule has 0 rings (SSSR count). The summed E-state index contributed by atoms with van der Waals surface area (Å²) in [5.41, 5.74) is 0. The first-order valence-corrected chi connectivity index (χ1v) is 4.34. The molecule has 1 N–H and O–H groups in total. The van der Waals surface area contributed by atoms with E-state index in [1.165, 1.54) is 0 Å². The van der Waals surface area contributed by atoms with Crippen LogP contribution in [0.25, 0.3) is 0 Å². The molecule has 0 aliphatic carbocycles. The maximum atomic E-state index is 12.3. The molecule has 0 aromatic carbocycles. The molecule has 13 heavy (non-hydrogen) atoms. The maximum Gasteiger partial charge on any atom is 0.431 e. The van der Waals surface area contributed by atoms with Gasteiger partial charge in [-0.05, 0) is 0 Å². The van der Waals surface area contributed by atoms with Crippen molar-refractivity contribution >= 4 is 10.1 Å². The van der Waals surface area contributed by atoms with Crippen LogP contribution in [0.2, 0.25) is 0 Å². The van der Waals surface area contributed by atoms with Gasteiger partial charge in [0.25, 0.3) is 0 Å². The summed E-state index contributed by atoms with van der Waals surface area (Å²) in [4.78, 5) is 0. The Morgan fingerprint density at radius 3 is 1.92 bits per heavy atom. The predicted molar refractivity (Wildman–Crippen MR) is 36.3 cm³/mol. The normalized spacial score (nSPS) is 14.2. The third-order valence-corrected chi connectivity index (χ3v) is 2.10. The first-order chi connectivity index (χ1) is 5.56. The molecule has 3 nitrogen and oxygen atoms in total. The second-order valence-corrected chi connectivity index (χ2v) is 3.65. The largest absolute Gasteiger partial charge is 0.431 e. The Labute approximate surface area is 71.8 Å². The fraction of sp³-hybridized carbons (Fsp3) is 0.600. The van der Waals surface area contributed by atoms with E-state index in [0.717, 1.165) is 0 Å². The standard InChI is InChI=1S/C5H6F4O3S/c1-2-3-4(6,7)5(8,9)13(10,11)12/h2H,1,3H2,(H,10,11,12). The summed E-state index contributed by atoms with van der Waals surface area (Å²) in [5, 5.41) is -5.49. The van der Waals surface area contributed by atoms with E-state index in [0.29, 0.717) is 6.08 Å². The molecule has 0 aromatic rings. The lowest BCUT2D eigenvalue weighted by atomic mass is 10.2. The topological polar surface area (TPSA) is 54.4 Å². The third-order valence-electron chi connectivity index (χ3n) is 1.15. The molecular formula is C5H6F4O3S. The molecule has 0 spiro atoms. The van der Waals surface area contributed by atoms with E-state index in [1.54, 1.807) is 0 Å². The van der Waals surface area contributed by atoms with Crippen LogP contribution in [0.5, 0.6) is 0 Å². The van der Waals surface area contributed by atoms with Gasteiger partial charge in [0.2, 0.25) is 0 Å². The molecule has 0 aromatic heterocycles. The summed E-state index contributed by atoms with van der Waals surface area (Å²) in [6.45, 7) is 2.75. The van der Waals surface area contributed by atoms with Gasteiger partial charge < -0.3 is 0 Å². The number of hydrogen-bond acceptors (Lipinski definition) is 2. The molecule has 0 saturated heterocycles. The fourth-order valence-electron chi connectivity index (χ4n) is 0.489. The number of halogens is 4. The van der Waals surface area contributed by atoms with Crippen molar-refractivity contribution in [2.45, 2.75) is 17.6 Å². The lowest BCUT2D eigenvalue weighted by molar-refractivity contribution is -0.157. The van der Waals surface area contributed by atoms with E-state index in [4.69, 9.17) is 4.55 Å². The Morgan fingerprint density at radius 1 is 1.31 bits per heavy atom. The number of rotatable bonds is 4. The van der Waals surface area contributed by atoms with E-state index in [2.05, 4.69) is 6.58 Å². The zero-order valence-corrected chi connectivity index (χ0v) is 6.99. The van der Waals surface area contributed by atoms with E-state index < -0.39 is 27.7 Å². The zero-order valence-electron chi connectivity index (χ0n) is 6.18. The second kappa shape index (κ2) is 3.26. The van der Waals surface area contributed by atoms with Crippen LogP contribution in [0.4, 0.5) is 17.6 Å². The molecule has 0 amide bonds. The van der Waals surface area contributed by atoms with Crippen LogP contribution in [0.15, 0.2) is 12.7 Å². The van der Waals surface area contributed by atoms with Crippen LogP contribution in [0.1, 0.15) is 6.42 Å². The van der Waals surface area contributed by atoms with Crippen molar-refractivity contribution in [3.8, 4) is 0 Å². The Hall–Kier alpha value is -0.630. The van der Waals surface area contributed by atoms with Crippen LogP contribution in [0, 0.1) is 0 Å². The number of alkyl halides is 4. The van der Waals surface area contributed by atoms with Crippen molar-refractivity contribution in [1.82, 2.24) is 0 Å². The monoisotopic (exact) mass is 222 g/mol. The summed E-state index contributed by atoms with van der Waals surface area (Å²) in [6, 6.07) is 0. The Balaban J connectivity index is 5.15. The van der Waals surface area contributed by atoms with Crippen molar-refractivity contribution in [3.63, 3.8) is 0 Å². The molecule has 0 radical (unpaired) electrons. The summed E-state index contributed by atoms with van der Waals surface area (Å²) >= 11 is 0. The average Bonchev–Trinajstić information content (AvgIpc) is 1.84. The van der Waals surface area contributed by atoms with Crippen LogP contribution < -0.4 is 0 Å². The van der Waals surface area contributed by atoms with E-state index in [-0.39, 0.29) is 0 Å². The lowest BCUT2D eigenvalue weighted by Crippen LogP contribution is -2.46. The third kappa shape index (κ3) is 2.19. The Morgan fingerprint density at radius 2 is 1.69 bits per heavy atom. The minimum absolute atomic E-state index is 0.430. The van der Waals surface area contributed by atoms with Crippen molar-refractivity contribution in [3.05, 3.63) is 12.7 Å². The first kappa shape index (κ1) is 12.4. The molecule has 0 aliphatic heterocycles. The quantitative estimate of drug-likeness (QED) is 0.447. The highest BCUT2D eigenvalue weighted by atomic mass is 32.2. The van der Waals surface area contributed by atoms with Crippen LogP contribution in [-0.4, -0.2) is 24.1 Å². The van der Waals surface area contributed by atoms with Crippen LogP contribution in [-0.2, 0) is 10.1 Å². The number of allylic oxidation sites excluding steroid dienone is 1. The minimum Gasteiger partial charge on any atom is -0.281 e. The lowest BCUT2D eigenvalue weighted by Gasteiger charge is -2.22. The maximum absolute atomic E-state index is 12.3. The van der Waals surface area contributed by atoms with Crippen LogP contribution >= 0.6 is 0 Å². The van der Waals surface area contributed by atoms with Gasteiger partial charge in [0.1, 0.15) is 0 Å². The van der Waals surface area contributed by atoms with E-state index in [9.17, 15) is 26.0 Å². The smallest absolute Gasteiger partial charge is 0.281 e. The van der Waals surface area contributed by atoms with Crippen molar-refractivity contribution < 1.29 is 30.5 Å². The Bertz CT molecular complexity index is 295. The molecule has 0 fully saturated rings. The van der Waals surface area contributed by atoms with Gasteiger partial charge in [0.05, 0.1) is 0 Å². The molecule has 0 aliphatic rings. The summed E-state index contributed by atoms with van der Waals surface area (Å²) in [6.07, 6.45) is -1.11. The van der Waals surface area contributed by atoms with Crippen LogP contribution in [0.3, 0.4) is 0 Å². The first-order valence-electron chi connectivity index (χ1n) is 2.90. The van der Waals surface area contributed by atoms with E-state index >= 15 is 0 Å². The molecule has 8 heteroatoms. The second-order valence-electron chi connectivity index (χ2n) is 2.19. The van der Waals surface area contributed by atoms with Gasteiger partial charge >= 0.3 is 21.3 Å². The molecular weight excluding hydrogens is 216 g/mol. The molecule has 0 unspecified atom stereocenters. The number of hydrogen-bond donors (Lipinski definition) is 1. The van der Waals surface area contributed by atoms with Gasteiger partial charge in [0.15, 0.2) is 0 Å². The minimum atomic E-state index is -6.11. The molecule has 0 heterocycles. The van der Waals surface area contributed by atoms with Gasteiger partial charge in [-0.25, -0.2) is 0 Å². The van der Waals surface area contributed by atoms with Crippen molar-refractivity contribution in [2.24, 2.45) is 0 Å². The molecule has 78 valence electrons. The average molecular weight is 222 g/mol. The molecule has 0 bridgehead atoms. The highest BCUT2D eigenvalue weighted by molar-refractivity contribution is 7.87. The highest BCUT2D eigenvalue weighted by Crippen LogP contribution is 2.40. The fourth-order valence-corrected chi connectivity index (χ4v) is 0.950. The zero-order chi connectivity index (χ0) is 10.9. The van der Waals surface area contributed by atoms with Crippen molar-refractivity contribution in [2.75, 3.05) is 0 Å².